The number of hydrogen-bond donors (Lipinski definition) is 0. The first-order valence-corrected chi connectivity index (χ1v) is 19.1. The number of fused-ring (bicyclic) bond motifs is 9. The van der Waals surface area contributed by atoms with Crippen LogP contribution in [0, 0.1) is 0 Å². The van der Waals surface area contributed by atoms with Gasteiger partial charge in [0.25, 0.3) is 0 Å². The number of anilines is 3. The average molecular weight is 703 g/mol. The summed E-state index contributed by atoms with van der Waals surface area (Å²) in [6, 6.07) is 66.7. The molecule has 0 aliphatic heterocycles. The molecule has 2 heteroatoms. The number of benzene rings is 8. The van der Waals surface area contributed by atoms with Crippen molar-refractivity contribution in [1.29, 1.82) is 0 Å². The zero-order valence-electron chi connectivity index (χ0n) is 30.9. The Labute approximate surface area is 321 Å². The molecule has 0 unspecified atom stereocenters. The largest absolute Gasteiger partial charge is 0.310 e. The molecule has 1 aromatic heterocycles. The summed E-state index contributed by atoms with van der Waals surface area (Å²) in [4.78, 5) is 2.41. The summed E-state index contributed by atoms with van der Waals surface area (Å²) in [5.41, 5.74) is 20.6. The van der Waals surface area contributed by atoms with Gasteiger partial charge in [0.2, 0.25) is 0 Å². The van der Waals surface area contributed by atoms with Crippen LogP contribution < -0.4 is 4.90 Å². The Hall–Kier alpha value is -6.90. The highest BCUT2D eigenvalue weighted by Crippen LogP contribution is 2.52. The smallest absolute Gasteiger partial charge is 0.0541 e. The third-order valence-corrected chi connectivity index (χ3v) is 12.1. The Morgan fingerprint density at radius 1 is 0.418 bits per heavy atom. The Morgan fingerprint density at radius 2 is 1.00 bits per heavy atom. The van der Waals surface area contributed by atoms with E-state index in [0.717, 1.165) is 22.6 Å². The van der Waals surface area contributed by atoms with Crippen LogP contribution in [0.5, 0.6) is 0 Å². The van der Waals surface area contributed by atoms with Crippen LogP contribution in [0.25, 0.3) is 66.4 Å². The van der Waals surface area contributed by atoms with Crippen molar-refractivity contribution >= 4 is 44.4 Å². The lowest BCUT2D eigenvalue weighted by Gasteiger charge is -2.28. The van der Waals surface area contributed by atoms with Gasteiger partial charge >= 0.3 is 0 Å². The van der Waals surface area contributed by atoms with Crippen molar-refractivity contribution in [2.75, 3.05) is 4.90 Å². The molecule has 11 rings (SSSR count). The molecule has 8 aromatic carbocycles. The van der Waals surface area contributed by atoms with Crippen molar-refractivity contribution in [2.24, 2.45) is 0 Å². The molecule has 2 nitrogen and oxygen atoms in total. The predicted octanol–water partition coefficient (Wildman–Crippen LogP) is 14.3. The molecule has 260 valence electrons. The van der Waals surface area contributed by atoms with Gasteiger partial charge in [0.15, 0.2) is 0 Å². The van der Waals surface area contributed by atoms with Crippen molar-refractivity contribution in [2.45, 2.75) is 19.3 Å². The number of para-hydroxylation sites is 2. The van der Waals surface area contributed by atoms with Gasteiger partial charge in [-0.25, -0.2) is 0 Å². The molecular weight excluding hydrogens is 665 g/mol. The number of aromatic nitrogens is 1. The van der Waals surface area contributed by atoms with Crippen molar-refractivity contribution < 1.29 is 0 Å². The highest BCUT2D eigenvalue weighted by Gasteiger charge is 2.36. The molecule has 0 atom stereocenters. The summed E-state index contributed by atoms with van der Waals surface area (Å²) in [5, 5.41) is 2.51. The molecule has 0 N–H and O–H groups in total. The van der Waals surface area contributed by atoms with Gasteiger partial charge in [-0.3, -0.25) is 0 Å². The molecule has 0 spiro atoms. The van der Waals surface area contributed by atoms with Crippen molar-refractivity contribution in [3.63, 3.8) is 0 Å². The van der Waals surface area contributed by atoms with E-state index in [-0.39, 0.29) is 5.41 Å². The van der Waals surface area contributed by atoms with E-state index in [1.165, 1.54) is 83.1 Å². The Morgan fingerprint density at radius 3 is 1.82 bits per heavy atom. The van der Waals surface area contributed by atoms with Crippen molar-refractivity contribution in [1.82, 2.24) is 4.57 Å². The normalized spacial score (nSPS) is 13.5. The SMILES string of the molecule is C=C1c2ccccc2-c2ccc(N(c3ccc(-c4ccc5c(c4)c4ccccc4n5-c4ccccc4)cc3)c3ccc4c(c3)C(C)(C)c3ccccc3-4)cc21. The third-order valence-electron chi connectivity index (χ3n) is 12.1. The van der Waals surface area contributed by atoms with Gasteiger partial charge in [0.05, 0.1) is 11.0 Å². The maximum absolute atomic E-state index is 4.56. The third kappa shape index (κ3) is 4.68. The first-order valence-electron chi connectivity index (χ1n) is 19.1. The summed E-state index contributed by atoms with van der Waals surface area (Å²) in [5.74, 6) is 0. The Bertz CT molecular complexity index is 3020. The van der Waals surface area contributed by atoms with E-state index in [1.807, 2.05) is 0 Å². The van der Waals surface area contributed by atoms with Crippen LogP contribution in [0.3, 0.4) is 0 Å². The zero-order valence-corrected chi connectivity index (χ0v) is 30.9. The lowest BCUT2D eigenvalue weighted by Crippen LogP contribution is -2.16. The number of nitrogens with zero attached hydrogens (tertiary/aromatic N) is 2. The molecule has 0 bridgehead atoms. The fraction of sp³-hybridized carbons (Fsp3) is 0.0566. The van der Waals surface area contributed by atoms with Crippen LogP contribution in [0.4, 0.5) is 17.1 Å². The van der Waals surface area contributed by atoms with Gasteiger partial charge in [0.1, 0.15) is 0 Å². The highest BCUT2D eigenvalue weighted by molar-refractivity contribution is 6.10. The second-order valence-corrected chi connectivity index (χ2v) is 15.5. The van der Waals surface area contributed by atoms with E-state index in [0.29, 0.717) is 0 Å². The van der Waals surface area contributed by atoms with Crippen molar-refractivity contribution in [3.05, 3.63) is 211 Å². The minimum absolute atomic E-state index is 0.104. The van der Waals surface area contributed by atoms with E-state index in [2.05, 4.69) is 212 Å². The summed E-state index contributed by atoms with van der Waals surface area (Å²) < 4.78 is 2.37. The fourth-order valence-electron chi connectivity index (χ4n) is 9.37. The summed E-state index contributed by atoms with van der Waals surface area (Å²) in [6.45, 7) is 9.26. The molecule has 0 radical (unpaired) electrons. The summed E-state index contributed by atoms with van der Waals surface area (Å²) in [6.07, 6.45) is 0. The van der Waals surface area contributed by atoms with E-state index in [4.69, 9.17) is 0 Å². The zero-order chi connectivity index (χ0) is 36.8. The van der Waals surface area contributed by atoms with Crippen LogP contribution >= 0.6 is 0 Å². The van der Waals surface area contributed by atoms with Gasteiger partial charge in [-0.05, 0) is 128 Å². The molecule has 55 heavy (non-hydrogen) atoms. The maximum Gasteiger partial charge on any atom is 0.0541 e. The quantitative estimate of drug-likeness (QED) is 0.173. The van der Waals surface area contributed by atoms with E-state index in [9.17, 15) is 0 Å². The molecule has 0 saturated carbocycles. The fourth-order valence-corrected chi connectivity index (χ4v) is 9.37. The molecule has 0 fully saturated rings. The highest BCUT2D eigenvalue weighted by atomic mass is 15.1. The van der Waals surface area contributed by atoms with Crippen LogP contribution in [0.15, 0.2) is 189 Å². The second-order valence-electron chi connectivity index (χ2n) is 15.5. The topological polar surface area (TPSA) is 8.17 Å². The molecule has 2 aliphatic carbocycles. The second kappa shape index (κ2) is 11.8. The minimum atomic E-state index is -0.104. The average Bonchev–Trinajstić information content (AvgIpc) is 3.80. The first-order chi connectivity index (χ1) is 27.0. The number of hydrogen-bond acceptors (Lipinski definition) is 1. The van der Waals surface area contributed by atoms with E-state index >= 15 is 0 Å². The minimum Gasteiger partial charge on any atom is -0.310 e. The molecule has 2 aliphatic rings. The lowest BCUT2D eigenvalue weighted by molar-refractivity contribution is 0.660. The lowest BCUT2D eigenvalue weighted by atomic mass is 9.82. The van der Waals surface area contributed by atoms with E-state index < -0.39 is 0 Å². The first kappa shape index (κ1) is 31.6. The molecule has 1 heterocycles. The monoisotopic (exact) mass is 702 g/mol. The van der Waals surface area contributed by atoms with Gasteiger partial charge in [-0.2, -0.15) is 0 Å². The van der Waals surface area contributed by atoms with Crippen LogP contribution in [0.1, 0.15) is 36.1 Å². The molecule has 0 amide bonds. The van der Waals surface area contributed by atoms with E-state index in [1.54, 1.807) is 0 Å². The number of rotatable bonds is 5. The Kier molecular flexibility index (Phi) is 6.78. The van der Waals surface area contributed by atoms with Gasteiger partial charge in [-0.1, -0.05) is 136 Å². The van der Waals surface area contributed by atoms with Gasteiger partial charge < -0.3 is 9.47 Å². The van der Waals surface area contributed by atoms with Gasteiger partial charge in [-0.15, -0.1) is 0 Å². The molecular formula is C53H38N2. The molecule has 0 saturated heterocycles. The Balaban J connectivity index is 1.04. The van der Waals surface area contributed by atoms with Crippen LogP contribution in [-0.2, 0) is 5.41 Å². The van der Waals surface area contributed by atoms with Crippen LogP contribution in [-0.4, -0.2) is 4.57 Å². The summed E-state index contributed by atoms with van der Waals surface area (Å²) >= 11 is 0. The standard InChI is InChI=1S/C53H38N2/c1-34-41-15-7-8-16-42(41)43-28-26-39(32-47(34)43)54(40-27-29-45-44-17-9-11-19-49(44)53(2,3)50(45)33-40)38-24-21-35(22-25-38)36-23-30-52-48(31-36)46-18-10-12-20-51(46)55(52)37-13-5-4-6-14-37/h4-33H,1H2,2-3H3. The van der Waals surface area contributed by atoms with Gasteiger partial charge in [0, 0.05) is 38.9 Å². The van der Waals surface area contributed by atoms with Crippen molar-refractivity contribution in [3.8, 4) is 39.1 Å². The van der Waals surface area contributed by atoms with Crippen LogP contribution in [0.2, 0.25) is 0 Å². The predicted molar refractivity (Wildman–Crippen MR) is 232 cm³/mol. The maximum atomic E-state index is 4.56. The summed E-state index contributed by atoms with van der Waals surface area (Å²) in [7, 11) is 0. The molecule has 9 aromatic rings.